The third-order valence-electron chi connectivity index (χ3n) is 1.86. The number of thiazole rings is 1. The summed E-state index contributed by atoms with van der Waals surface area (Å²) in [6, 6.07) is 0.882. The molecule has 0 aliphatic carbocycles. The molecule has 3 nitrogen and oxygen atoms in total. The summed E-state index contributed by atoms with van der Waals surface area (Å²) in [4.78, 5) is 10.9. The monoisotopic (exact) mass is 279 g/mol. The molecule has 0 saturated carbocycles. The third-order valence-corrected chi connectivity index (χ3v) is 2.81. The number of nitrogens with zero attached hydrogens (tertiary/aromatic N) is 3. The molecule has 0 aliphatic heterocycles. The Morgan fingerprint density at radius 1 is 1.29 bits per heavy atom. The molecule has 0 unspecified atom stereocenters. The van der Waals surface area contributed by atoms with E-state index in [0.717, 1.165) is 6.07 Å². The average molecular weight is 280 g/mol. The van der Waals surface area contributed by atoms with E-state index >= 15 is 0 Å². The highest BCUT2D eigenvalue weighted by Crippen LogP contribution is 2.29. The second kappa shape index (κ2) is 4.58. The quantitative estimate of drug-likeness (QED) is 0.793. The molecule has 0 spiro atoms. The molecular weight excluding hydrogens is 275 g/mol. The van der Waals surface area contributed by atoms with E-state index in [1.807, 2.05) is 0 Å². The maximum absolute atomic E-state index is 12.5. The van der Waals surface area contributed by atoms with Gasteiger partial charge in [-0.2, -0.15) is 13.2 Å². The van der Waals surface area contributed by atoms with Crippen LogP contribution in [0.15, 0.2) is 17.6 Å². The minimum absolute atomic E-state index is 0.201. The summed E-state index contributed by atoms with van der Waals surface area (Å²) < 4.78 is 37.4. The number of alkyl halides is 3. The van der Waals surface area contributed by atoms with Crippen LogP contribution in [0.5, 0.6) is 0 Å². The first-order valence-electron chi connectivity index (χ1n) is 4.44. The number of halogens is 4. The van der Waals surface area contributed by atoms with Crippen LogP contribution in [0.4, 0.5) is 13.2 Å². The Labute approximate surface area is 103 Å². The maximum atomic E-state index is 12.5. The van der Waals surface area contributed by atoms with E-state index in [9.17, 15) is 13.2 Å². The van der Waals surface area contributed by atoms with Gasteiger partial charge in [0, 0.05) is 18.0 Å². The Kier molecular flexibility index (Phi) is 3.30. The topological polar surface area (TPSA) is 38.7 Å². The second-order valence-corrected chi connectivity index (χ2v) is 4.43. The van der Waals surface area contributed by atoms with Gasteiger partial charge in [-0.1, -0.05) is 0 Å². The molecule has 2 aromatic rings. The van der Waals surface area contributed by atoms with Crippen molar-refractivity contribution in [3.63, 3.8) is 0 Å². The van der Waals surface area contributed by atoms with E-state index in [1.54, 1.807) is 11.6 Å². The summed E-state index contributed by atoms with van der Waals surface area (Å²) in [5.41, 5.74) is -0.837. The highest BCUT2D eigenvalue weighted by atomic mass is 35.5. The molecule has 0 aliphatic rings. The van der Waals surface area contributed by atoms with Crippen molar-refractivity contribution in [2.75, 3.05) is 0 Å². The van der Waals surface area contributed by atoms with E-state index in [-0.39, 0.29) is 12.1 Å². The van der Waals surface area contributed by atoms with Crippen LogP contribution in [0.3, 0.4) is 0 Å². The van der Waals surface area contributed by atoms with Gasteiger partial charge in [0.25, 0.3) is 0 Å². The molecule has 2 rings (SSSR count). The zero-order chi connectivity index (χ0) is 12.5. The van der Waals surface area contributed by atoms with Crippen LogP contribution in [0.1, 0.15) is 16.4 Å². The lowest BCUT2D eigenvalue weighted by molar-refractivity contribution is -0.141. The summed E-state index contributed by atoms with van der Waals surface area (Å²) in [6.07, 6.45) is -2.74. The van der Waals surface area contributed by atoms with E-state index in [1.165, 1.54) is 11.3 Å². The van der Waals surface area contributed by atoms with Crippen molar-refractivity contribution >= 4 is 22.9 Å². The first kappa shape index (κ1) is 12.3. The molecule has 90 valence electrons. The molecule has 0 bridgehead atoms. The van der Waals surface area contributed by atoms with Crippen LogP contribution in [-0.2, 0) is 12.6 Å². The zero-order valence-electron chi connectivity index (χ0n) is 8.20. The van der Waals surface area contributed by atoms with Crippen molar-refractivity contribution in [3.8, 4) is 0 Å². The van der Waals surface area contributed by atoms with Crippen molar-refractivity contribution in [1.82, 2.24) is 15.0 Å². The highest BCUT2D eigenvalue weighted by molar-refractivity contribution is 7.09. The van der Waals surface area contributed by atoms with E-state index in [2.05, 4.69) is 15.0 Å². The van der Waals surface area contributed by atoms with Crippen molar-refractivity contribution in [2.24, 2.45) is 0 Å². The van der Waals surface area contributed by atoms with Gasteiger partial charge in [0.15, 0.2) is 0 Å². The molecule has 0 atom stereocenters. The van der Waals surface area contributed by atoms with Gasteiger partial charge < -0.3 is 0 Å². The van der Waals surface area contributed by atoms with Crippen LogP contribution < -0.4 is 0 Å². The first-order chi connectivity index (χ1) is 7.95. The highest BCUT2D eigenvalue weighted by Gasteiger charge is 2.33. The van der Waals surface area contributed by atoms with Gasteiger partial charge in [-0.15, -0.1) is 11.3 Å². The molecule has 0 amide bonds. The van der Waals surface area contributed by atoms with Gasteiger partial charge in [0.1, 0.15) is 5.69 Å². The molecule has 0 radical (unpaired) electrons. The minimum atomic E-state index is -4.52. The Morgan fingerprint density at radius 3 is 2.65 bits per heavy atom. The van der Waals surface area contributed by atoms with Crippen molar-refractivity contribution in [3.05, 3.63) is 39.3 Å². The predicted octanol–water partition coefficient (Wildman–Crippen LogP) is 3.20. The standard InChI is InChI=1S/C9H5ClF3N3S/c10-8-15-5(4-7-14-1-2-17-7)3-6(16-8)9(11,12)13/h1-3H,4H2. The Bertz CT molecular complexity index is 513. The normalized spacial score (nSPS) is 11.8. The van der Waals surface area contributed by atoms with Crippen molar-refractivity contribution in [2.45, 2.75) is 12.6 Å². The summed E-state index contributed by atoms with van der Waals surface area (Å²) in [7, 11) is 0. The molecule has 0 fully saturated rings. The smallest absolute Gasteiger partial charge is 0.249 e. The molecule has 17 heavy (non-hydrogen) atoms. The van der Waals surface area contributed by atoms with Gasteiger partial charge in [-0.25, -0.2) is 15.0 Å². The van der Waals surface area contributed by atoms with E-state index in [0.29, 0.717) is 5.01 Å². The van der Waals surface area contributed by atoms with E-state index < -0.39 is 17.2 Å². The molecule has 0 aromatic carbocycles. The van der Waals surface area contributed by atoms with Crippen molar-refractivity contribution in [1.29, 1.82) is 0 Å². The fourth-order valence-corrected chi connectivity index (χ4v) is 2.03. The molecule has 8 heteroatoms. The predicted molar refractivity (Wildman–Crippen MR) is 57.0 cm³/mol. The van der Waals surface area contributed by atoms with Crippen LogP contribution >= 0.6 is 22.9 Å². The summed E-state index contributed by atoms with van der Waals surface area (Å²) in [6.45, 7) is 0. The van der Waals surface area contributed by atoms with Crippen molar-refractivity contribution < 1.29 is 13.2 Å². The van der Waals surface area contributed by atoms with Gasteiger partial charge >= 0.3 is 6.18 Å². The van der Waals surface area contributed by atoms with E-state index in [4.69, 9.17) is 11.6 Å². The Hall–Kier alpha value is -1.21. The Morgan fingerprint density at radius 2 is 2.06 bits per heavy atom. The SMILES string of the molecule is FC(F)(F)c1cc(Cc2nccs2)nc(Cl)n1. The largest absolute Gasteiger partial charge is 0.433 e. The fraction of sp³-hybridized carbons (Fsp3) is 0.222. The summed E-state index contributed by atoms with van der Waals surface area (Å²) >= 11 is 6.80. The van der Waals surface area contributed by atoms with Gasteiger partial charge in [0.2, 0.25) is 5.28 Å². The number of hydrogen-bond donors (Lipinski definition) is 0. The lowest BCUT2D eigenvalue weighted by Gasteiger charge is -2.07. The molecule has 0 N–H and O–H groups in total. The van der Waals surface area contributed by atoms with Crippen LogP contribution in [-0.4, -0.2) is 15.0 Å². The molecule has 2 aromatic heterocycles. The molecule has 0 saturated heterocycles. The van der Waals surface area contributed by atoms with Gasteiger partial charge in [0.05, 0.1) is 10.7 Å². The minimum Gasteiger partial charge on any atom is -0.249 e. The van der Waals surface area contributed by atoms with Crippen LogP contribution in [0.2, 0.25) is 5.28 Å². The number of hydrogen-bond acceptors (Lipinski definition) is 4. The number of aromatic nitrogens is 3. The summed E-state index contributed by atoms with van der Waals surface area (Å²) in [5, 5.41) is 2.00. The zero-order valence-corrected chi connectivity index (χ0v) is 9.77. The molecule has 2 heterocycles. The second-order valence-electron chi connectivity index (χ2n) is 3.11. The van der Waals surface area contributed by atoms with Gasteiger partial charge in [-0.3, -0.25) is 0 Å². The lowest BCUT2D eigenvalue weighted by atomic mass is 10.2. The summed E-state index contributed by atoms with van der Waals surface area (Å²) in [5.74, 6) is 0. The van der Waals surface area contributed by atoms with Crippen LogP contribution in [0.25, 0.3) is 0 Å². The molecular formula is C9H5ClF3N3S. The maximum Gasteiger partial charge on any atom is 0.433 e. The van der Waals surface area contributed by atoms with Crippen LogP contribution in [0, 0.1) is 0 Å². The fourth-order valence-electron chi connectivity index (χ4n) is 1.20. The lowest BCUT2D eigenvalue weighted by Crippen LogP contribution is -2.10. The first-order valence-corrected chi connectivity index (χ1v) is 5.70. The van der Waals surface area contributed by atoms with Gasteiger partial charge in [-0.05, 0) is 17.7 Å². The number of rotatable bonds is 2. The average Bonchev–Trinajstić information content (AvgIpc) is 2.68. The third kappa shape index (κ3) is 3.13. The Balaban J connectivity index is 2.32.